The lowest BCUT2D eigenvalue weighted by Crippen LogP contribution is -2.38. The molecule has 2 aromatic heterocycles. The molecular weight excluding hydrogens is 348 g/mol. The molecule has 0 unspecified atom stereocenters. The summed E-state index contributed by atoms with van der Waals surface area (Å²) in [4.78, 5) is 23.2. The molecule has 1 aliphatic rings. The smallest absolute Gasteiger partial charge is 0.255 e. The Labute approximate surface area is 166 Å². The molecular formula is C23H26N4O. The first-order valence-corrected chi connectivity index (χ1v) is 9.99. The zero-order chi connectivity index (χ0) is 19.3. The molecule has 3 aromatic rings. The first-order chi connectivity index (χ1) is 13.7. The van der Waals surface area contributed by atoms with E-state index in [1.165, 1.54) is 5.69 Å². The molecule has 5 nitrogen and oxygen atoms in total. The highest BCUT2D eigenvalue weighted by Gasteiger charge is 2.24. The third-order valence-corrected chi connectivity index (χ3v) is 5.66. The number of piperidine rings is 1. The van der Waals surface area contributed by atoms with Crippen LogP contribution in [0.3, 0.4) is 0 Å². The predicted molar refractivity (Wildman–Crippen MR) is 110 cm³/mol. The number of hydrogen-bond acceptors (Lipinski definition) is 3. The fraction of sp³-hybridized carbons (Fsp3) is 0.348. The summed E-state index contributed by atoms with van der Waals surface area (Å²) in [5.74, 6) is 1.79. The monoisotopic (exact) mass is 374 g/mol. The van der Waals surface area contributed by atoms with Crippen molar-refractivity contribution in [2.75, 3.05) is 13.1 Å². The summed E-state index contributed by atoms with van der Waals surface area (Å²) >= 11 is 0. The number of aromatic nitrogens is 3. The molecule has 0 saturated carbocycles. The molecule has 28 heavy (non-hydrogen) atoms. The van der Waals surface area contributed by atoms with Crippen LogP contribution in [-0.2, 0) is 6.54 Å². The van der Waals surface area contributed by atoms with Crippen molar-refractivity contribution in [1.29, 1.82) is 0 Å². The third kappa shape index (κ3) is 3.98. The van der Waals surface area contributed by atoms with E-state index in [1.807, 2.05) is 29.3 Å². The SMILES string of the molecule is Cc1cnc(-c2ccccc2)n1CCC1CCN(C(=O)c2cccnc2)CC1. The van der Waals surface area contributed by atoms with Gasteiger partial charge in [0.1, 0.15) is 5.82 Å². The van der Waals surface area contributed by atoms with Crippen molar-refractivity contribution in [3.63, 3.8) is 0 Å². The highest BCUT2D eigenvalue weighted by Crippen LogP contribution is 2.25. The summed E-state index contributed by atoms with van der Waals surface area (Å²) in [5.41, 5.74) is 3.04. The lowest BCUT2D eigenvalue weighted by atomic mass is 9.93. The van der Waals surface area contributed by atoms with Gasteiger partial charge >= 0.3 is 0 Å². The predicted octanol–water partition coefficient (Wildman–Crippen LogP) is 4.20. The second-order valence-electron chi connectivity index (χ2n) is 7.51. The lowest BCUT2D eigenvalue weighted by Gasteiger charge is -2.32. The van der Waals surface area contributed by atoms with Crippen LogP contribution in [0, 0.1) is 12.8 Å². The van der Waals surface area contributed by atoms with Crippen molar-refractivity contribution >= 4 is 5.91 Å². The van der Waals surface area contributed by atoms with Crippen LogP contribution in [0.5, 0.6) is 0 Å². The van der Waals surface area contributed by atoms with E-state index in [0.717, 1.165) is 50.3 Å². The molecule has 1 saturated heterocycles. The molecule has 4 rings (SSSR count). The Kier molecular flexibility index (Phi) is 5.51. The Morgan fingerprint density at radius 3 is 2.57 bits per heavy atom. The van der Waals surface area contributed by atoms with Gasteiger partial charge in [-0.2, -0.15) is 0 Å². The lowest BCUT2D eigenvalue weighted by molar-refractivity contribution is 0.0684. The molecule has 1 aliphatic heterocycles. The second-order valence-corrected chi connectivity index (χ2v) is 7.51. The molecule has 0 spiro atoms. The van der Waals surface area contributed by atoms with Crippen molar-refractivity contribution < 1.29 is 4.79 Å². The van der Waals surface area contributed by atoms with Crippen molar-refractivity contribution in [3.05, 3.63) is 72.3 Å². The third-order valence-electron chi connectivity index (χ3n) is 5.66. The summed E-state index contributed by atoms with van der Waals surface area (Å²) in [6.45, 7) is 4.74. The number of carbonyl (C=O) groups is 1. The molecule has 1 fully saturated rings. The van der Waals surface area contributed by atoms with Gasteiger partial charge in [-0.15, -0.1) is 0 Å². The van der Waals surface area contributed by atoms with Crippen LogP contribution in [0.25, 0.3) is 11.4 Å². The van der Waals surface area contributed by atoms with Crippen molar-refractivity contribution in [2.45, 2.75) is 32.7 Å². The number of imidazole rings is 1. The quantitative estimate of drug-likeness (QED) is 0.673. The maximum absolute atomic E-state index is 12.6. The minimum Gasteiger partial charge on any atom is -0.339 e. The highest BCUT2D eigenvalue weighted by molar-refractivity contribution is 5.93. The standard InChI is InChI=1S/C23H26N4O/c1-18-16-25-22(20-6-3-2-4-7-20)27(18)15-11-19-9-13-26(14-10-19)23(28)21-8-5-12-24-17-21/h2-8,12,16-17,19H,9-11,13-15H2,1H3. The van der Waals surface area contributed by atoms with Gasteiger partial charge in [-0.05, 0) is 44.2 Å². The highest BCUT2D eigenvalue weighted by atomic mass is 16.2. The maximum atomic E-state index is 12.6. The van der Waals surface area contributed by atoms with Crippen molar-refractivity contribution in [2.24, 2.45) is 5.92 Å². The van der Waals surface area contributed by atoms with Crippen LogP contribution in [-0.4, -0.2) is 38.4 Å². The number of nitrogens with zero attached hydrogens (tertiary/aromatic N) is 4. The summed E-state index contributed by atoms with van der Waals surface area (Å²) < 4.78 is 2.32. The molecule has 0 N–H and O–H groups in total. The molecule has 0 radical (unpaired) electrons. The first kappa shape index (κ1) is 18.4. The van der Waals surface area contributed by atoms with Crippen LogP contribution in [0.4, 0.5) is 0 Å². The van der Waals surface area contributed by atoms with Gasteiger partial charge in [0.15, 0.2) is 0 Å². The minimum atomic E-state index is 0.100. The summed E-state index contributed by atoms with van der Waals surface area (Å²) in [6.07, 6.45) is 8.54. The van der Waals surface area contributed by atoms with Crippen LogP contribution < -0.4 is 0 Å². The van der Waals surface area contributed by atoms with Gasteiger partial charge in [-0.25, -0.2) is 4.98 Å². The Morgan fingerprint density at radius 1 is 1.07 bits per heavy atom. The van der Waals surface area contributed by atoms with Gasteiger partial charge in [-0.1, -0.05) is 30.3 Å². The molecule has 1 aromatic carbocycles. The fourth-order valence-electron chi connectivity index (χ4n) is 3.97. The van der Waals surface area contributed by atoms with E-state index in [-0.39, 0.29) is 5.91 Å². The Bertz CT molecular complexity index is 912. The molecule has 144 valence electrons. The van der Waals surface area contributed by atoms with E-state index >= 15 is 0 Å². The number of benzene rings is 1. The average Bonchev–Trinajstić information content (AvgIpc) is 3.13. The minimum absolute atomic E-state index is 0.100. The van der Waals surface area contributed by atoms with Gasteiger partial charge in [0, 0.05) is 49.5 Å². The normalized spacial score (nSPS) is 15.0. The van der Waals surface area contributed by atoms with Crippen LogP contribution in [0.1, 0.15) is 35.3 Å². The number of amides is 1. The van der Waals surface area contributed by atoms with Gasteiger partial charge in [-0.3, -0.25) is 9.78 Å². The van der Waals surface area contributed by atoms with E-state index in [9.17, 15) is 4.79 Å². The number of pyridine rings is 1. The van der Waals surface area contributed by atoms with E-state index in [2.05, 4.69) is 45.7 Å². The number of carbonyl (C=O) groups excluding carboxylic acids is 1. The van der Waals surface area contributed by atoms with Gasteiger partial charge < -0.3 is 9.47 Å². The van der Waals surface area contributed by atoms with Crippen LogP contribution in [0.2, 0.25) is 0 Å². The zero-order valence-corrected chi connectivity index (χ0v) is 16.3. The Morgan fingerprint density at radius 2 is 1.86 bits per heavy atom. The van der Waals surface area contributed by atoms with Crippen molar-refractivity contribution in [1.82, 2.24) is 19.4 Å². The first-order valence-electron chi connectivity index (χ1n) is 9.99. The molecule has 3 heterocycles. The molecule has 5 heteroatoms. The second kappa shape index (κ2) is 8.38. The van der Waals surface area contributed by atoms with E-state index in [1.54, 1.807) is 12.4 Å². The Hall–Kier alpha value is -2.95. The molecule has 0 aliphatic carbocycles. The van der Waals surface area contributed by atoms with Crippen LogP contribution in [0.15, 0.2) is 61.1 Å². The average molecular weight is 374 g/mol. The molecule has 0 atom stereocenters. The summed E-state index contributed by atoms with van der Waals surface area (Å²) in [7, 11) is 0. The van der Waals surface area contributed by atoms with Gasteiger partial charge in [0.05, 0.1) is 5.56 Å². The zero-order valence-electron chi connectivity index (χ0n) is 16.3. The summed E-state index contributed by atoms with van der Waals surface area (Å²) in [6, 6.07) is 14.0. The number of rotatable bonds is 5. The molecule has 0 bridgehead atoms. The largest absolute Gasteiger partial charge is 0.339 e. The summed E-state index contributed by atoms with van der Waals surface area (Å²) in [5, 5.41) is 0. The van der Waals surface area contributed by atoms with Gasteiger partial charge in [0.25, 0.3) is 5.91 Å². The van der Waals surface area contributed by atoms with Crippen molar-refractivity contribution in [3.8, 4) is 11.4 Å². The number of aryl methyl sites for hydroxylation is 1. The topological polar surface area (TPSA) is 51.0 Å². The van der Waals surface area contributed by atoms with Gasteiger partial charge in [0.2, 0.25) is 0 Å². The number of hydrogen-bond donors (Lipinski definition) is 0. The van der Waals surface area contributed by atoms with E-state index < -0.39 is 0 Å². The van der Waals surface area contributed by atoms with Crippen LogP contribution >= 0.6 is 0 Å². The molecule has 1 amide bonds. The van der Waals surface area contributed by atoms with E-state index in [4.69, 9.17) is 0 Å². The number of likely N-dealkylation sites (tertiary alicyclic amines) is 1. The Balaban J connectivity index is 1.34. The maximum Gasteiger partial charge on any atom is 0.255 e. The van der Waals surface area contributed by atoms with E-state index in [0.29, 0.717) is 11.5 Å². The fourth-order valence-corrected chi connectivity index (χ4v) is 3.97.